The van der Waals surface area contributed by atoms with Crippen molar-refractivity contribution in [2.75, 3.05) is 0 Å². The Morgan fingerprint density at radius 3 is 1.67 bits per heavy atom. The van der Waals surface area contributed by atoms with E-state index in [-0.39, 0.29) is 11.1 Å². The number of hydrogen-bond donors (Lipinski definition) is 3. The van der Waals surface area contributed by atoms with Gasteiger partial charge in [0.05, 0.1) is 11.1 Å². The lowest BCUT2D eigenvalue weighted by Crippen LogP contribution is -2.01. The number of nitrogens with zero attached hydrogens (tertiary/aromatic N) is 1. The van der Waals surface area contributed by atoms with Crippen LogP contribution in [0, 0.1) is 4.91 Å². The SMILES string of the molecule is O=C(O)c1cccc(C(=O)O)c1.O=NO. The number of benzene rings is 1. The van der Waals surface area contributed by atoms with Crippen LogP contribution < -0.4 is 0 Å². The summed E-state index contributed by atoms with van der Waals surface area (Å²) in [6, 6.07) is 5.20. The van der Waals surface area contributed by atoms with Gasteiger partial charge in [-0.1, -0.05) is 6.07 Å². The molecule has 1 rings (SSSR count). The lowest BCUT2D eigenvalue weighted by atomic mass is 10.1. The first-order chi connectivity index (χ1) is 7.02. The Kier molecular flexibility index (Phi) is 5.09. The maximum absolute atomic E-state index is 10.4. The van der Waals surface area contributed by atoms with Crippen molar-refractivity contribution in [1.82, 2.24) is 0 Å². The standard InChI is InChI=1S/C8H6O4.HNO2/c9-7(10)5-2-1-3-6(4-5)8(11)12;2-1-3/h1-4H,(H,9,10)(H,11,12);(H,2,3). The van der Waals surface area contributed by atoms with Crippen LogP contribution in [0.4, 0.5) is 0 Å². The van der Waals surface area contributed by atoms with Gasteiger partial charge < -0.3 is 15.4 Å². The molecule has 0 fully saturated rings. The summed E-state index contributed by atoms with van der Waals surface area (Å²) < 4.78 is 0. The van der Waals surface area contributed by atoms with Crippen LogP contribution in [0.3, 0.4) is 0 Å². The van der Waals surface area contributed by atoms with Crippen LogP contribution >= 0.6 is 0 Å². The molecule has 0 unspecified atom stereocenters. The maximum Gasteiger partial charge on any atom is 0.335 e. The van der Waals surface area contributed by atoms with Crippen molar-refractivity contribution < 1.29 is 25.0 Å². The van der Waals surface area contributed by atoms with Gasteiger partial charge in [0, 0.05) is 0 Å². The minimum Gasteiger partial charge on any atom is -0.478 e. The van der Waals surface area contributed by atoms with Crippen LogP contribution in [-0.2, 0) is 0 Å². The molecular formula is C8H7NO6. The van der Waals surface area contributed by atoms with Crippen molar-refractivity contribution in [2.45, 2.75) is 0 Å². The van der Waals surface area contributed by atoms with Gasteiger partial charge >= 0.3 is 11.9 Å². The van der Waals surface area contributed by atoms with E-state index in [1.165, 1.54) is 23.5 Å². The summed E-state index contributed by atoms with van der Waals surface area (Å²) in [7, 11) is 0. The van der Waals surface area contributed by atoms with Crippen molar-refractivity contribution in [1.29, 1.82) is 0 Å². The molecule has 80 valence electrons. The van der Waals surface area contributed by atoms with Gasteiger partial charge in [0.1, 0.15) is 0 Å². The topological polar surface area (TPSA) is 124 Å². The Bertz CT molecular complexity index is 346. The fourth-order valence-electron chi connectivity index (χ4n) is 0.785. The van der Waals surface area contributed by atoms with Crippen molar-refractivity contribution >= 4 is 11.9 Å². The fourth-order valence-corrected chi connectivity index (χ4v) is 0.785. The monoisotopic (exact) mass is 213 g/mol. The molecule has 0 aliphatic carbocycles. The van der Waals surface area contributed by atoms with Crippen LogP contribution in [0.1, 0.15) is 20.7 Å². The Morgan fingerprint density at radius 1 is 1.07 bits per heavy atom. The number of carbonyl (C=O) groups is 2. The number of rotatable bonds is 2. The van der Waals surface area contributed by atoms with E-state index in [4.69, 9.17) is 20.3 Å². The summed E-state index contributed by atoms with van der Waals surface area (Å²) in [6.45, 7) is 0. The van der Waals surface area contributed by atoms with E-state index in [2.05, 4.69) is 0 Å². The highest BCUT2D eigenvalue weighted by Crippen LogP contribution is 2.04. The Labute approximate surface area is 83.5 Å². The molecule has 0 bridgehead atoms. The van der Waals surface area contributed by atoms with Gasteiger partial charge in [-0.05, 0) is 18.2 Å². The summed E-state index contributed by atoms with van der Waals surface area (Å²) in [5.74, 6) is -2.25. The first-order valence-corrected chi connectivity index (χ1v) is 3.56. The normalized spacial score (nSPS) is 8.27. The fraction of sp³-hybridized carbons (Fsp3) is 0. The number of carboxylic acids is 2. The summed E-state index contributed by atoms with van der Waals surface area (Å²) >= 11 is 0. The molecule has 0 spiro atoms. The van der Waals surface area contributed by atoms with Crippen molar-refractivity contribution in [3.05, 3.63) is 40.3 Å². The summed E-state index contributed by atoms with van der Waals surface area (Å²) in [5, 5.41) is 24.9. The minimum atomic E-state index is -1.13. The summed E-state index contributed by atoms with van der Waals surface area (Å²) in [6.07, 6.45) is 0. The molecule has 0 aliphatic heterocycles. The second-order valence-corrected chi connectivity index (χ2v) is 2.27. The van der Waals surface area contributed by atoms with E-state index < -0.39 is 11.9 Å². The molecule has 0 saturated carbocycles. The number of aromatic carboxylic acids is 2. The van der Waals surface area contributed by atoms with Crippen LogP contribution in [-0.4, -0.2) is 27.4 Å². The Hall–Kier alpha value is -2.44. The molecule has 7 heteroatoms. The Balaban J connectivity index is 0.000000583. The Morgan fingerprint density at radius 2 is 1.40 bits per heavy atom. The largest absolute Gasteiger partial charge is 0.478 e. The molecular weight excluding hydrogens is 206 g/mol. The zero-order chi connectivity index (χ0) is 11.8. The molecule has 0 saturated heterocycles. The first kappa shape index (κ1) is 12.6. The summed E-state index contributed by atoms with van der Waals surface area (Å²) in [5.41, 5.74) is -0.0372. The molecule has 1 aromatic carbocycles. The van der Waals surface area contributed by atoms with E-state index in [0.717, 1.165) is 6.07 Å². The van der Waals surface area contributed by atoms with Crippen molar-refractivity contribution in [3.8, 4) is 0 Å². The van der Waals surface area contributed by atoms with Crippen LogP contribution in [0.25, 0.3) is 0 Å². The van der Waals surface area contributed by atoms with Crippen LogP contribution in [0.15, 0.2) is 29.6 Å². The number of hydrogen-bond acceptors (Lipinski definition) is 4. The highest BCUT2D eigenvalue weighted by Gasteiger charge is 2.06. The maximum atomic E-state index is 10.4. The minimum absolute atomic E-state index is 0.0186. The lowest BCUT2D eigenvalue weighted by Gasteiger charge is -1.95. The average molecular weight is 213 g/mol. The highest BCUT2D eigenvalue weighted by atomic mass is 16.6. The summed E-state index contributed by atoms with van der Waals surface area (Å²) in [4.78, 5) is 28.9. The molecule has 1 aromatic rings. The first-order valence-electron chi connectivity index (χ1n) is 3.56. The smallest absolute Gasteiger partial charge is 0.335 e. The van der Waals surface area contributed by atoms with Crippen molar-refractivity contribution in [2.24, 2.45) is 5.34 Å². The molecule has 0 aliphatic rings. The molecule has 0 radical (unpaired) electrons. The van der Waals surface area contributed by atoms with E-state index in [1.807, 2.05) is 0 Å². The zero-order valence-corrected chi connectivity index (χ0v) is 7.32. The molecule has 3 N–H and O–H groups in total. The molecule has 0 amide bonds. The molecule has 0 aromatic heterocycles. The third-order valence-corrected chi connectivity index (χ3v) is 1.36. The molecule has 0 heterocycles. The van der Waals surface area contributed by atoms with Gasteiger partial charge in [0.25, 0.3) is 0 Å². The third-order valence-electron chi connectivity index (χ3n) is 1.36. The number of carboxylic acid groups (broad SMARTS) is 2. The van der Waals surface area contributed by atoms with E-state index >= 15 is 0 Å². The van der Waals surface area contributed by atoms with Gasteiger partial charge in [-0.2, -0.15) is 0 Å². The second-order valence-electron chi connectivity index (χ2n) is 2.27. The average Bonchev–Trinajstić information content (AvgIpc) is 2.19. The lowest BCUT2D eigenvalue weighted by molar-refractivity contribution is 0.0696. The second kappa shape index (κ2) is 6.08. The molecule has 7 nitrogen and oxygen atoms in total. The van der Waals surface area contributed by atoms with E-state index in [0.29, 0.717) is 0 Å². The predicted octanol–water partition coefficient (Wildman–Crippen LogP) is 1.22. The predicted molar refractivity (Wildman–Crippen MR) is 47.9 cm³/mol. The van der Waals surface area contributed by atoms with E-state index in [9.17, 15) is 9.59 Å². The van der Waals surface area contributed by atoms with E-state index in [1.54, 1.807) is 0 Å². The van der Waals surface area contributed by atoms with Crippen molar-refractivity contribution in [3.63, 3.8) is 0 Å². The van der Waals surface area contributed by atoms with Gasteiger partial charge in [0.15, 0.2) is 5.34 Å². The van der Waals surface area contributed by atoms with Gasteiger partial charge in [-0.25, -0.2) is 9.59 Å². The van der Waals surface area contributed by atoms with Crippen LogP contribution in [0.5, 0.6) is 0 Å². The zero-order valence-electron chi connectivity index (χ0n) is 7.32. The van der Waals surface area contributed by atoms with Gasteiger partial charge in [0.2, 0.25) is 0 Å². The molecule has 15 heavy (non-hydrogen) atoms. The molecule has 0 atom stereocenters. The quantitative estimate of drug-likeness (QED) is 0.501. The van der Waals surface area contributed by atoms with Gasteiger partial charge in [-0.15, -0.1) is 4.91 Å². The van der Waals surface area contributed by atoms with Gasteiger partial charge in [-0.3, -0.25) is 0 Å². The third kappa shape index (κ3) is 4.36. The highest BCUT2D eigenvalue weighted by molar-refractivity contribution is 5.93. The van der Waals surface area contributed by atoms with Crippen LogP contribution in [0.2, 0.25) is 0 Å².